The second-order valence-electron chi connectivity index (χ2n) is 7.57. The van der Waals surface area contributed by atoms with Gasteiger partial charge in [0.25, 0.3) is 0 Å². The molecule has 0 atom stereocenters. The highest BCUT2D eigenvalue weighted by atomic mass is 35.5. The molecule has 0 aliphatic carbocycles. The Morgan fingerprint density at radius 1 is 1.09 bits per heavy atom. The van der Waals surface area contributed by atoms with Crippen molar-refractivity contribution in [3.8, 4) is 0 Å². The number of hydrogen-bond donors (Lipinski definition) is 1. The molecule has 1 N–H and O–H groups in total. The molecule has 3 rings (SSSR count). The van der Waals surface area contributed by atoms with Crippen molar-refractivity contribution in [1.82, 2.24) is 14.5 Å². The lowest BCUT2D eigenvalue weighted by Gasteiger charge is -2.21. The number of carbonyl (C=O) groups excluding carboxylic acids is 1. The fourth-order valence-corrected chi connectivity index (χ4v) is 5.15. The lowest BCUT2D eigenvalue weighted by atomic mass is 10.1. The van der Waals surface area contributed by atoms with Crippen molar-refractivity contribution >= 4 is 45.0 Å². The van der Waals surface area contributed by atoms with E-state index < -0.39 is 10.0 Å². The molecule has 0 aromatic heterocycles. The SMILES string of the molecule is CN(CCc1ccc(C2=NCCN2)cc1)C(=O)CCN(C)S(=O)(=O)c1cc(Cl)ccc1Cl. The van der Waals surface area contributed by atoms with Crippen molar-refractivity contribution < 1.29 is 13.2 Å². The second-order valence-corrected chi connectivity index (χ2v) is 10.4. The Morgan fingerprint density at radius 2 is 1.81 bits per heavy atom. The molecule has 172 valence electrons. The maximum atomic E-state index is 12.8. The van der Waals surface area contributed by atoms with Gasteiger partial charge < -0.3 is 10.2 Å². The van der Waals surface area contributed by atoms with E-state index in [1.54, 1.807) is 11.9 Å². The zero-order chi connectivity index (χ0) is 23.3. The van der Waals surface area contributed by atoms with Crippen LogP contribution in [0.1, 0.15) is 17.5 Å². The molecule has 2 aromatic carbocycles. The molecule has 0 unspecified atom stereocenters. The first-order valence-corrected chi connectivity index (χ1v) is 12.4. The van der Waals surface area contributed by atoms with Gasteiger partial charge in [-0.25, -0.2) is 12.7 Å². The first-order valence-electron chi connectivity index (χ1n) is 10.2. The molecule has 10 heteroatoms. The number of aliphatic imine (C=N–C) groups is 1. The Balaban J connectivity index is 1.50. The third kappa shape index (κ3) is 6.01. The molecule has 0 bridgehead atoms. The number of rotatable bonds is 9. The minimum absolute atomic E-state index is 0.0398. The Morgan fingerprint density at radius 3 is 2.47 bits per heavy atom. The Kier molecular flexibility index (Phi) is 8.16. The van der Waals surface area contributed by atoms with Gasteiger partial charge in [0.2, 0.25) is 15.9 Å². The smallest absolute Gasteiger partial charge is 0.244 e. The number of likely N-dealkylation sites (N-methyl/N-ethyl adjacent to an activating group) is 1. The zero-order valence-electron chi connectivity index (χ0n) is 18.0. The summed E-state index contributed by atoms with van der Waals surface area (Å²) in [5, 5.41) is 3.61. The van der Waals surface area contributed by atoms with E-state index in [4.69, 9.17) is 23.2 Å². The summed E-state index contributed by atoms with van der Waals surface area (Å²) < 4.78 is 26.7. The monoisotopic (exact) mass is 496 g/mol. The van der Waals surface area contributed by atoms with Gasteiger partial charge in [-0.15, -0.1) is 0 Å². The molecule has 1 heterocycles. The predicted molar refractivity (Wildman–Crippen MR) is 128 cm³/mol. The van der Waals surface area contributed by atoms with Gasteiger partial charge in [-0.05, 0) is 30.2 Å². The van der Waals surface area contributed by atoms with E-state index >= 15 is 0 Å². The van der Waals surface area contributed by atoms with Gasteiger partial charge in [-0.1, -0.05) is 47.5 Å². The van der Waals surface area contributed by atoms with Crippen molar-refractivity contribution in [2.75, 3.05) is 40.3 Å². The topological polar surface area (TPSA) is 82.1 Å². The lowest BCUT2D eigenvalue weighted by Crippen LogP contribution is -2.34. The first kappa shape index (κ1) is 24.5. The maximum Gasteiger partial charge on any atom is 0.244 e. The largest absolute Gasteiger partial charge is 0.368 e. The van der Waals surface area contributed by atoms with E-state index in [-0.39, 0.29) is 33.8 Å². The summed E-state index contributed by atoms with van der Waals surface area (Å²) in [6.07, 6.45) is 0.767. The average molecular weight is 497 g/mol. The normalized spacial score (nSPS) is 13.7. The highest BCUT2D eigenvalue weighted by Gasteiger charge is 2.25. The fraction of sp³-hybridized carbons (Fsp3) is 0.364. The number of nitrogens with one attached hydrogen (secondary N) is 1. The van der Waals surface area contributed by atoms with Gasteiger partial charge in [-0.3, -0.25) is 9.79 Å². The summed E-state index contributed by atoms with van der Waals surface area (Å²) in [5.41, 5.74) is 2.17. The van der Waals surface area contributed by atoms with Crippen LogP contribution < -0.4 is 5.32 Å². The average Bonchev–Trinajstić information content (AvgIpc) is 3.32. The van der Waals surface area contributed by atoms with Crippen LogP contribution in [0.3, 0.4) is 0 Å². The van der Waals surface area contributed by atoms with E-state index in [1.807, 2.05) is 24.3 Å². The van der Waals surface area contributed by atoms with Crippen molar-refractivity contribution in [1.29, 1.82) is 0 Å². The highest BCUT2D eigenvalue weighted by molar-refractivity contribution is 7.89. The van der Waals surface area contributed by atoms with Crippen molar-refractivity contribution in [2.45, 2.75) is 17.7 Å². The minimum atomic E-state index is -3.85. The number of carbonyl (C=O) groups is 1. The van der Waals surface area contributed by atoms with Gasteiger partial charge in [-0.2, -0.15) is 0 Å². The van der Waals surface area contributed by atoms with Gasteiger partial charge >= 0.3 is 0 Å². The van der Waals surface area contributed by atoms with Gasteiger partial charge in [0.05, 0.1) is 11.6 Å². The molecule has 2 aromatic rings. The number of hydrogen-bond acceptors (Lipinski definition) is 5. The number of halogens is 2. The van der Waals surface area contributed by atoms with Gasteiger partial charge in [0, 0.05) is 50.7 Å². The zero-order valence-corrected chi connectivity index (χ0v) is 20.3. The number of amidine groups is 1. The van der Waals surface area contributed by atoms with Gasteiger partial charge in [0.15, 0.2) is 0 Å². The fourth-order valence-electron chi connectivity index (χ4n) is 3.25. The van der Waals surface area contributed by atoms with Crippen LogP contribution in [0.2, 0.25) is 10.0 Å². The van der Waals surface area contributed by atoms with Crippen molar-refractivity contribution in [2.24, 2.45) is 4.99 Å². The predicted octanol–water partition coefficient (Wildman–Crippen LogP) is 3.05. The van der Waals surface area contributed by atoms with Crippen LogP contribution in [0.15, 0.2) is 52.4 Å². The number of sulfonamides is 1. The summed E-state index contributed by atoms with van der Waals surface area (Å²) in [4.78, 5) is 18.5. The van der Waals surface area contributed by atoms with E-state index in [0.29, 0.717) is 13.0 Å². The van der Waals surface area contributed by atoms with Crippen LogP contribution in [0.25, 0.3) is 0 Å². The van der Waals surface area contributed by atoms with Crippen LogP contribution in [0.5, 0.6) is 0 Å². The Bertz CT molecular complexity index is 1100. The van der Waals surface area contributed by atoms with Crippen LogP contribution in [0.4, 0.5) is 0 Å². The number of nitrogens with zero attached hydrogens (tertiary/aromatic N) is 3. The lowest BCUT2D eigenvalue weighted by molar-refractivity contribution is -0.129. The van der Waals surface area contributed by atoms with E-state index in [1.165, 1.54) is 25.2 Å². The van der Waals surface area contributed by atoms with Crippen LogP contribution >= 0.6 is 23.2 Å². The summed E-state index contributed by atoms with van der Waals surface area (Å²) in [7, 11) is -0.709. The van der Waals surface area contributed by atoms with Crippen LogP contribution in [0, 0.1) is 0 Å². The van der Waals surface area contributed by atoms with Gasteiger partial charge in [0.1, 0.15) is 10.7 Å². The second kappa shape index (κ2) is 10.7. The quantitative estimate of drug-likeness (QED) is 0.578. The standard InChI is InChI=1S/C22H26Cl2N4O3S/c1-27(13-9-16-3-5-17(6-4-16)22-25-11-12-26-22)21(29)10-14-28(2)32(30,31)20-15-18(23)7-8-19(20)24/h3-8,15H,9-14H2,1-2H3,(H,25,26). The molecule has 1 amide bonds. The number of benzene rings is 2. The molecule has 1 aliphatic rings. The van der Waals surface area contributed by atoms with E-state index in [0.717, 1.165) is 34.4 Å². The summed E-state index contributed by atoms with van der Waals surface area (Å²) in [6, 6.07) is 12.4. The molecule has 0 saturated heterocycles. The molecule has 1 aliphatic heterocycles. The summed E-state index contributed by atoms with van der Waals surface area (Å²) >= 11 is 11.9. The molecular weight excluding hydrogens is 471 g/mol. The molecule has 0 saturated carbocycles. The minimum Gasteiger partial charge on any atom is -0.368 e. The summed E-state index contributed by atoms with van der Waals surface area (Å²) in [6.45, 7) is 2.24. The summed E-state index contributed by atoms with van der Waals surface area (Å²) in [5.74, 6) is 0.785. The molecule has 32 heavy (non-hydrogen) atoms. The van der Waals surface area contributed by atoms with Crippen LogP contribution in [-0.2, 0) is 21.2 Å². The molecule has 0 fully saturated rings. The first-order chi connectivity index (χ1) is 15.2. The molecule has 7 nitrogen and oxygen atoms in total. The Hall–Kier alpha value is -2.13. The van der Waals surface area contributed by atoms with Crippen molar-refractivity contribution in [3.05, 3.63) is 63.6 Å². The Labute approximate surface area is 199 Å². The maximum absolute atomic E-state index is 12.8. The van der Waals surface area contributed by atoms with Crippen LogP contribution in [-0.4, -0.2) is 69.6 Å². The van der Waals surface area contributed by atoms with E-state index in [2.05, 4.69) is 10.3 Å². The molecule has 0 spiro atoms. The molecular formula is C22H26Cl2N4O3S. The van der Waals surface area contributed by atoms with Crippen molar-refractivity contribution in [3.63, 3.8) is 0 Å². The third-order valence-corrected chi connectivity index (χ3v) is 7.86. The highest BCUT2D eigenvalue weighted by Crippen LogP contribution is 2.27. The molecule has 0 radical (unpaired) electrons. The third-order valence-electron chi connectivity index (χ3n) is 5.29. The van der Waals surface area contributed by atoms with E-state index in [9.17, 15) is 13.2 Å². The number of amides is 1.